The number of nitrogens with one attached hydrogen (secondary N) is 2. The van der Waals surface area contributed by atoms with E-state index in [0.29, 0.717) is 0 Å². The van der Waals surface area contributed by atoms with Gasteiger partial charge in [0.1, 0.15) is 0 Å². The molecule has 90 valence electrons. The van der Waals surface area contributed by atoms with Crippen LogP contribution in [-0.4, -0.2) is 51.1 Å². The quantitative estimate of drug-likeness (QED) is 0.528. The maximum Gasteiger partial charge on any atom is 0.190 e. The van der Waals surface area contributed by atoms with Crippen molar-refractivity contribution in [3.05, 3.63) is 0 Å². The van der Waals surface area contributed by atoms with Crippen molar-refractivity contribution in [3.63, 3.8) is 0 Å². The Morgan fingerprint density at radius 1 is 1.27 bits per heavy atom. The number of rotatable bonds is 5. The Labute approximate surface area is 94.1 Å². The summed E-state index contributed by atoms with van der Waals surface area (Å²) in [4.78, 5) is 6.41. The second-order valence-electron chi connectivity index (χ2n) is 4.00. The van der Waals surface area contributed by atoms with Gasteiger partial charge in [0.05, 0.1) is 0 Å². The number of nitrogens with zero attached hydrogens (tertiary/aromatic N) is 2. The summed E-state index contributed by atoms with van der Waals surface area (Å²) in [6.07, 6.45) is 2.26. The fraction of sp³-hybridized carbons (Fsp3) is 0.909. The molecule has 15 heavy (non-hydrogen) atoms. The third-order valence-corrected chi connectivity index (χ3v) is 3.31. The summed E-state index contributed by atoms with van der Waals surface area (Å²) in [5.41, 5.74) is 0.215. The Balaban J connectivity index is 4.42. The summed E-state index contributed by atoms with van der Waals surface area (Å²) in [5.74, 6) is 0.850. The van der Waals surface area contributed by atoms with Gasteiger partial charge < -0.3 is 15.5 Å². The summed E-state index contributed by atoms with van der Waals surface area (Å²) in [6, 6.07) is 0. The largest absolute Gasteiger partial charge is 0.359 e. The Hall–Kier alpha value is -0.770. The second-order valence-corrected chi connectivity index (χ2v) is 4.00. The van der Waals surface area contributed by atoms with Gasteiger partial charge in [-0.05, 0) is 26.9 Å². The molecule has 0 radical (unpaired) electrons. The van der Waals surface area contributed by atoms with Crippen LogP contribution in [0.1, 0.15) is 26.7 Å². The molecule has 0 amide bonds. The molecule has 0 rings (SSSR count). The number of hydrogen-bond donors (Lipinski definition) is 2. The van der Waals surface area contributed by atoms with E-state index in [1.54, 1.807) is 7.05 Å². The van der Waals surface area contributed by atoms with Crippen molar-refractivity contribution in [1.29, 1.82) is 0 Å². The van der Waals surface area contributed by atoms with E-state index in [2.05, 4.69) is 48.5 Å². The normalized spacial score (nSPS) is 13.1. The molecule has 0 saturated carbocycles. The average molecular weight is 214 g/mol. The SMILES string of the molecule is CCC(CC)(CNC(=NC)NC)N(C)C. The highest BCUT2D eigenvalue weighted by molar-refractivity contribution is 5.79. The van der Waals surface area contributed by atoms with Gasteiger partial charge in [0.15, 0.2) is 5.96 Å². The molecule has 4 heteroatoms. The lowest BCUT2D eigenvalue weighted by atomic mass is 9.91. The molecular formula is C11H26N4. The molecule has 0 unspecified atom stereocenters. The van der Waals surface area contributed by atoms with Crippen molar-refractivity contribution in [3.8, 4) is 0 Å². The van der Waals surface area contributed by atoms with Gasteiger partial charge in [0.25, 0.3) is 0 Å². The fourth-order valence-corrected chi connectivity index (χ4v) is 1.82. The van der Waals surface area contributed by atoms with Crippen LogP contribution in [0.2, 0.25) is 0 Å². The van der Waals surface area contributed by atoms with E-state index in [0.717, 1.165) is 25.3 Å². The van der Waals surface area contributed by atoms with Crippen molar-refractivity contribution < 1.29 is 0 Å². The molecule has 0 fully saturated rings. The topological polar surface area (TPSA) is 39.7 Å². The van der Waals surface area contributed by atoms with Crippen LogP contribution in [0.4, 0.5) is 0 Å². The summed E-state index contributed by atoms with van der Waals surface area (Å²) in [7, 11) is 7.94. The minimum atomic E-state index is 0.215. The lowest BCUT2D eigenvalue weighted by Crippen LogP contribution is -2.53. The molecule has 0 aromatic rings. The number of guanidine groups is 1. The molecule has 0 aromatic carbocycles. The molecular weight excluding hydrogens is 188 g/mol. The zero-order valence-corrected chi connectivity index (χ0v) is 11.0. The molecule has 0 aliphatic carbocycles. The third kappa shape index (κ3) is 3.70. The molecule has 0 aliphatic heterocycles. The van der Waals surface area contributed by atoms with E-state index in [4.69, 9.17) is 0 Å². The van der Waals surface area contributed by atoms with E-state index in [1.807, 2.05) is 7.05 Å². The van der Waals surface area contributed by atoms with Gasteiger partial charge in [-0.2, -0.15) is 0 Å². The van der Waals surface area contributed by atoms with Gasteiger partial charge in [0, 0.05) is 26.2 Å². The summed E-state index contributed by atoms with van der Waals surface area (Å²) in [6.45, 7) is 5.38. The third-order valence-electron chi connectivity index (χ3n) is 3.31. The summed E-state index contributed by atoms with van der Waals surface area (Å²) < 4.78 is 0. The maximum atomic E-state index is 4.11. The average Bonchev–Trinajstić information content (AvgIpc) is 2.25. The Morgan fingerprint density at radius 3 is 2.07 bits per heavy atom. The first-order valence-electron chi connectivity index (χ1n) is 5.62. The van der Waals surface area contributed by atoms with Crippen LogP contribution in [0, 0.1) is 0 Å². The van der Waals surface area contributed by atoms with Crippen LogP contribution in [-0.2, 0) is 0 Å². The van der Waals surface area contributed by atoms with E-state index < -0.39 is 0 Å². The van der Waals surface area contributed by atoms with Gasteiger partial charge >= 0.3 is 0 Å². The van der Waals surface area contributed by atoms with Gasteiger partial charge in [-0.25, -0.2) is 0 Å². The van der Waals surface area contributed by atoms with Gasteiger partial charge in [-0.15, -0.1) is 0 Å². The molecule has 0 spiro atoms. The van der Waals surface area contributed by atoms with Crippen LogP contribution in [0.3, 0.4) is 0 Å². The second kappa shape index (κ2) is 6.67. The molecule has 2 N–H and O–H groups in total. The summed E-state index contributed by atoms with van der Waals surface area (Å²) >= 11 is 0. The highest BCUT2D eigenvalue weighted by Crippen LogP contribution is 2.19. The Bertz CT molecular complexity index is 195. The smallest absolute Gasteiger partial charge is 0.190 e. The fourth-order valence-electron chi connectivity index (χ4n) is 1.82. The molecule has 0 aliphatic rings. The minimum Gasteiger partial charge on any atom is -0.359 e. The van der Waals surface area contributed by atoms with E-state index >= 15 is 0 Å². The lowest BCUT2D eigenvalue weighted by molar-refractivity contribution is 0.142. The van der Waals surface area contributed by atoms with E-state index in [9.17, 15) is 0 Å². The van der Waals surface area contributed by atoms with Crippen LogP contribution in [0.5, 0.6) is 0 Å². The molecule has 0 aromatic heterocycles. The van der Waals surface area contributed by atoms with Crippen LogP contribution < -0.4 is 10.6 Å². The molecule has 0 heterocycles. The van der Waals surface area contributed by atoms with Gasteiger partial charge in [-0.1, -0.05) is 13.8 Å². The molecule has 0 bridgehead atoms. The van der Waals surface area contributed by atoms with Crippen LogP contribution >= 0.6 is 0 Å². The first-order chi connectivity index (χ1) is 7.06. The Morgan fingerprint density at radius 2 is 1.80 bits per heavy atom. The highest BCUT2D eigenvalue weighted by Gasteiger charge is 2.28. The highest BCUT2D eigenvalue weighted by atomic mass is 15.2. The zero-order chi connectivity index (χ0) is 11.9. The number of hydrogen-bond acceptors (Lipinski definition) is 2. The standard InChI is InChI=1S/C11H26N4/c1-7-11(8-2,15(5)6)9-14-10(12-3)13-4/h7-9H2,1-6H3,(H2,12,13,14). The number of likely N-dealkylation sites (N-methyl/N-ethyl adjacent to an activating group) is 1. The van der Waals surface area contributed by atoms with E-state index in [1.165, 1.54) is 0 Å². The van der Waals surface area contributed by atoms with Crippen molar-refractivity contribution in [2.24, 2.45) is 4.99 Å². The first-order valence-corrected chi connectivity index (χ1v) is 5.62. The molecule has 4 nitrogen and oxygen atoms in total. The summed E-state index contributed by atoms with van der Waals surface area (Å²) in [5, 5.41) is 6.37. The monoisotopic (exact) mass is 214 g/mol. The van der Waals surface area contributed by atoms with Crippen molar-refractivity contribution >= 4 is 5.96 Å². The first kappa shape index (κ1) is 14.2. The Kier molecular flexibility index (Phi) is 6.32. The predicted molar refractivity (Wildman–Crippen MR) is 67.4 cm³/mol. The van der Waals surface area contributed by atoms with Gasteiger partial charge in [0.2, 0.25) is 0 Å². The molecule has 0 saturated heterocycles. The van der Waals surface area contributed by atoms with Crippen LogP contribution in [0.15, 0.2) is 4.99 Å². The molecule has 0 atom stereocenters. The maximum absolute atomic E-state index is 4.11. The zero-order valence-electron chi connectivity index (χ0n) is 11.0. The van der Waals surface area contributed by atoms with Gasteiger partial charge in [-0.3, -0.25) is 4.99 Å². The van der Waals surface area contributed by atoms with E-state index in [-0.39, 0.29) is 5.54 Å². The van der Waals surface area contributed by atoms with Crippen molar-refractivity contribution in [1.82, 2.24) is 15.5 Å². The minimum absolute atomic E-state index is 0.215. The lowest BCUT2D eigenvalue weighted by Gasteiger charge is -2.39. The van der Waals surface area contributed by atoms with Crippen LogP contribution in [0.25, 0.3) is 0 Å². The number of aliphatic imine (C=N–C) groups is 1. The predicted octanol–water partition coefficient (Wildman–Crippen LogP) is 0.902. The van der Waals surface area contributed by atoms with Crippen molar-refractivity contribution in [2.75, 3.05) is 34.7 Å². The van der Waals surface area contributed by atoms with Crippen molar-refractivity contribution in [2.45, 2.75) is 32.2 Å².